The molecule has 0 bridgehead atoms. The third kappa shape index (κ3) is 3.60. The van der Waals surface area contributed by atoms with E-state index in [1.165, 1.54) is 17.3 Å². The van der Waals surface area contributed by atoms with E-state index in [1.54, 1.807) is 0 Å². The van der Waals surface area contributed by atoms with Crippen molar-refractivity contribution in [2.24, 2.45) is 0 Å². The molecule has 0 saturated heterocycles. The molecule has 1 aromatic heterocycles. The van der Waals surface area contributed by atoms with Gasteiger partial charge in [0, 0.05) is 12.5 Å². The van der Waals surface area contributed by atoms with Gasteiger partial charge in [-0.25, -0.2) is 5.10 Å². The number of aromatic nitrogens is 2. The molecule has 2 N–H and O–H groups in total. The number of halogens is 1. The fourth-order valence-electron chi connectivity index (χ4n) is 2.52. The van der Waals surface area contributed by atoms with Gasteiger partial charge in [-0.05, 0) is 11.1 Å². The number of anilines is 1. The van der Waals surface area contributed by atoms with Crippen LogP contribution in [0.15, 0.2) is 71.7 Å². The number of hydrogen-bond donors (Lipinski definition) is 2. The second kappa shape index (κ2) is 7.11. The molecule has 3 aromatic rings. The molecular weight excluding hydrogens is 310 g/mol. The summed E-state index contributed by atoms with van der Waals surface area (Å²) in [6.45, 7) is 0.610. The molecule has 0 atom stereocenters. The number of H-pyrrole nitrogens is 1. The number of aromatic amines is 1. The largest absolute Gasteiger partial charge is 0.381 e. The molecule has 0 aliphatic rings. The van der Waals surface area contributed by atoms with Gasteiger partial charge in [0.1, 0.15) is 5.02 Å². The summed E-state index contributed by atoms with van der Waals surface area (Å²) < 4.78 is 0. The number of benzene rings is 2. The molecule has 0 spiro atoms. The highest BCUT2D eigenvalue weighted by Gasteiger charge is 2.15. The average molecular weight is 326 g/mol. The zero-order valence-corrected chi connectivity index (χ0v) is 13.1. The van der Waals surface area contributed by atoms with Gasteiger partial charge in [-0.15, -0.1) is 0 Å². The Morgan fingerprint density at radius 2 is 1.57 bits per heavy atom. The molecule has 1 heterocycles. The summed E-state index contributed by atoms with van der Waals surface area (Å²) in [6, 6.07) is 20.5. The maximum Gasteiger partial charge on any atom is 0.285 e. The number of nitrogens with one attached hydrogen (secondary N) is 2. The molecule has 0 amide bonds. The monoisotopic (exact) mass is 325 g/mol. The predicted molar refractivity (Wildman–Crippen MR) is 93.1 cm³/mol. The highest BCUT2D eigenvalue weighted by molar-refractivity contribution is 6.32. The Bertz CT molecular complexity index is 779. The first-order valence-corrected chi connectivity index (χ1v) is 7.70. The highest BCUT2D eigenvalue weighted by Crippen LogP contribution is 2.25. The minimum absolute atomic E-state index is 0.125. The Morgan fingerprint density at radius 3 is 2.13 bits per heavy atom. The van der Waals surface area contributed by atoms with Gasteiger partial charge in [0.05, 0.1) is 11.9 Å². The van der Waals surface area contributed by atoms with Crippen LogP contribution in [0.5, 0.6) is 0 Å². The Morgan fingerprint density at radius 1 is 1.00 bits per heavy atom. The second-order valence-corrected chi connectivity index (χ2v) is 5.56. The van der Waals surface area contributed by atoms with E-state index in [1.807, 2.05) is 36.4 Å². The van der Waals surface area contributed by atoms with Crippen molar-refractivity contribution >= 4 is 17.3 Å². The topological polar surface area (TPSA) is 57.8 Å². The lowest BCUT2D eigenvalue weighted by Crippen LogP contribution is -2.17. The first kappa shape index (κ1) is 15.3. The van der Waals surface area contributed by atoms with Gasteiger partial charge >= 0.3 is 0 Å². The second-order valence-electron chi connectivity index (χ2n) is 5.18. The summed E-state index contributed by atoms with van der Waals surface area (Å²) in [5.41, 5.74) is 2.53. The van der Waals surface area contributed by atoms with Crippen LogP contribution in [0.1, 0.15) is 17.0 Å². The molecule has 0 radical (unpaired) electrons. The summed E-state index contributed by atoms with van der Waals surface area (Å²) in [4.78, 5) is 11.5. The molecular formula is C18H16ClN3O. The molecule has 2 aromatic carbocycles. The van der Waals surface area contributed by atoms with Gasteiger partial charge in [-0.2, -0.15) is 5.10 Å². The Balaban J connectivity index is 1.88. The molecule has 3 rings (SSSR count). The first-order valence-electron chi connectivity index (χ1n) is 7.32. The van der Waals surface area contributed by atoms with Crippen molar-refractivity contribution in [3.05, 3.63) is 93.4 Å². The lowest BCUT2D eigenvalue weighted by molar-refractivity contribution is 0.849. The molecule has 0 fully saturated rings. The molecule has 0 unspecified atom stereocenters. The normalized spacial score (nSPS) is 10.7. The van der Waals surface area contributed by atoms with Crippen LogP contribution in [0, 0.1) is 0 Å². The fourth-order valence-corrected chi connectivity index (χ4v) is 2.68. The van der Waals surface area contributed by atoms with Gasteiger partial charge in [0.15, 0.2) is 0 Å². The predicted octanol–water partition coefficient (Wildman–Crippen LogP) is 3.67. The van der Waals surface area contributed by atoms with E-state index in [-0.39, 0.29) is 10.9 Å². The minimum Gasteiger partial charge on any atom is -0.381 e. The SMILES string of the molecule is O=c1[nH]ncc(NCC(c2ccccc2)c2ccccc2)c1Cl. The molecule has 4 nitrogen and oxygen atoms in total. The standard InChI is InChI=1S/C18H16ClN3O/c19-17-16(12-21-22-18(17)23)20-11-15(13-7-3-1-4-8-13)14-9-5-2-6-10-14/h1-10,12,15H,11H2,(H2,20,22,23). The molecule has 5 heteroatoms. The fraction of sp³-hybridized carbons (Fsp3) is 0.111. The van der Waals surface area contributed by atoms with E-state index in [0.29, 0.717) is 12.2 Å². The van der Waals surface area contributed by atoms with E-state index >= 15 is 0 Å². The zero-order chi connectivity index (χ0) is 16.1. The van der Waals surface area contributed by atoms with Crippen molar-refractivity contribution in [2.75, 3.05) is 11.9 Å². The van der Waals surface area contributed by atoms with Crippen LogP contribution in [-0.2, 0) is 0 Å². The lowest BCUT2D eigenvalue weighted by Gasteiger charge is -2.19. The molecule has 0 aliphatic carbocycles. The molecule has 23 heavy (non-hydrogen) atoms. The lowest BCUT2D eigenvalue weighted by atomic mass is 9.91. The molecule has 0 saturated carbocycles. The van der Waals surface area contributed by atoms with Crippen molar-refractivity contribution in [3.8, 4) is 0 Å². The highest BCUT2D eigenvalue weighted by atomic mass is 35.5. The van der Waals surface area contributed by atoms with Crippen molar-refractivity contribution < 1.29 is 0 Å². The quantitative estimate of drug-likeness (QED) is 0.752. The summed E-state index contributed by atoms with van der Waals surface area (Å²) in [7, 11) is 0. The van der Waals surface area contributed by atoms with Gasteiger partial charge in [-0.3, -0.25) is 4.79 Å². The Hall–Kier alpha value is -2.59. The van der Waals surface area contributed by atoms with Crippen LogP contribution in [0.2, 0.25) is 5.02 Å². The van der Waals surface area contributed by atoms with Crippen LogP contribution >= 0.6 is 11.6 Å². The van der Waals surface area contributed by atoms with Crippen LogP contribution in [0.25, 0.3) is 0 Å². The van der Waals surface area contributed by atoms with Crippen LogP contribution in [-0.4, -0.2) is 16.7 Å². The van der Waals surface area contributed by atoms with Crippen molar-refractivity contribution in [2.45, 2.75) is 5.92 Å². The smallest absolute Gasteiger partial charge is 0.285 e. The number of hydrogen-bond acceptors (Lipinski definition) is 3. The van der Waals surface area contributed by atoms with Crippen LogP contribution in [0.4, 0.5) is 5.69 Å². The van der Waals surface area contributed by atoms with Gasteiger partial charge in [0.2, 0.25) is 0 Å². The van der Waals surface area contributed by atoms with E-state index < -0.39 is 5.56 Å². The Kier molecular flexibility index (Phi) is 4.74. The van der Waals surface area contributed by atoms with Crippen molar-refractivity contribution in [1.29, 1.82) is 0 Å². The Labute approximate surface area is 139 Å². The zero-order valence-electron chi connectivity index (χ0n) is 12.4. The number of rotatable bonds is 5. The summed E-state index contributed by atoms with van der Waals surface area (Å²) >= 11 is 6.02. The van der Waals surface area contributed by atoms with Gasteiger partial charge in [-0.1, -0.05) is 72.3 Å². The third-order valence-electron chi connectivity index (χ3n) is 3.70. The summed E-state index contributed by atoms with van der Waals surface area (Å²) in [5, 5.41) is 9.46. The van der Waals surface area contributed by atoms with Crippen LogP contribution < -0.4 is 10.9 Å². The third-order valence-corrected chi connectivity index (χ3v) is 4.07. The number of nitrogens with zero attached hydrogens (tertiary/aromatic N) is 1. The summed E-state index contributed by atoms with van der Waals surface area (Å²) in [6.07, 6.45) is 1.52. The van der Waals surface area contributed by atoms with E-state index in [2.05, 4.69) is 39.8 Å². The van der Waals surface area contributed by atoms with Gasteiger partial charge in [0.25, 0.3) is 5.56 Å². The molecule has 0 aliphatic heterocycles. The maximum absolute atomic E-state index is 11.5. The maximum atomic E-state index is 11.5. The minimum atomic E-state index is -0.396. The van der Waals surface area contributed by atoms with Crippen molar-refractivity contribution in [3.63, 3.8) is 0 Å². The first-order chi connectivity index (χ1) is 11.3. The van der Waals surface area contributed by atoms with Crippen molar-refractivity contribution in [1.82, 2.24) is 10.2 Å². The van der Waals surface area contributed by atoms with E-state index in [4.69, 9.17) is 11.6 Å². The average Bonchev–Trinajstić information content (AvgIpc) is 2.60. The van der Waals surface area contributed by atoms with E-state index in [9.17, 15) is 4.79 Å². The van der Waals surface area contributed by atoms with E-state index in [0.717, 1.165) is 0 Å². The van der Waals surface area contributed by atoms with Crippen LogP contribution in [0.3, 0.4) is 0 Å². The molecule has 116 valence electrons. The summed E-state index contributed by atoms with van der Waals surface area (Å²) in [5.74, 6) is 0.146. The van der Waals surface area contributed by atoms with Gasteiger partial charge < -0.3 is 5.32 Å².